The van der Waals surface area contributed by atoms with Crippen LogP contribution in [0, 0.1) is 10.8 Å². The molecule has 23 heavy (non-hydrogen) atoms. The Morgan fingerprint density at radius 1 is 0.696 bits per heavy atom. The summed E-state index contributed by atoms with van der Waals surface area (Å²) < 4.78 is 0. The molecule has 0 aromatic carbocycles. The Labute approximate surface area is 147 Å². The van der Waals surface area contributed by atoms with Crippen LogP contribution in [0.1, 0.15) is 98.8 Å². The van der Waals surface area contributed by atoms with Gasteiger partial charge in [0.1, 0.15) is 0 Å². The van der Waals surface area contributed by atoms with E-state index in [-0.39, 0.29) is 0 Å². The lowest BCUT2D eigenvalue weighted by Crippen LogP contribution is -2.25. The zero-order chi connectivity index (χ0) is 17.8. The minimum Gasteiger partial charge on any atom is -0.330 e. The molecule has 0 bridgehead atoms. The van der Waals surface area contributed by atoms with Crippen molar-refractivity contribution in [3.05, 3.63) is 0 Å². The first-order chi connectivity index (χ1) is 10.7. The van der Waals surface area contributed by atoms with Gasteiger partial charge < -0.3 is 10.6 Å². The third-order valence-electron chi connectivity index (χ3n) is 5.31. The van der Waals surface area contributed by atoms with Gasteiger partial charge in [0.25, 0.3) is 0 Å². The van der Waals surface area contributed by atoms with Crippen molar-refractivity contribution in [3.8, 4) is 0 Å². The average Bonchev–Trinajstić information content (AvgIpc) is 2.43. The smallest absolute Gasteiger partial charge is 0.00216 e. The van der Waals surface area contributed by atoms with Crippen LogP contribution in [0.15, 0.2) is 0 Å². The summed E-state index contributed by atoms with van der Waals surface area (Å²) in [5.74, 6) is 0. The fraction of sp³-hybridized carbons (Fsp3) is 1.00. The highest BCUT2D eigenvalue weighted by Gasteiger charge is 2.18. The van der Waals surface area contributed by atoms with E-state index in [0.29, 0.717) is 10.8 Å². The van der Waals surface area contributed by atoms with Crippen LogP contribution in [-0.4, -0.2) is 31.6 Å². The van der Waals surface area contributed by atoms with Crippen LogP contribution in [0.4, 0.5) is 0 Å². The van der Waals surface area contributed by atoms with Crippen molar-refractivity contribution in [2.75, 3.05) is 26.7 Å². The molecule has 0 unspecified atom stereocenters. The van der Waals surface area contributed by atoms with Gasteiger partial charge in [-0.15, -0.1) is 0 Å². The van der Waals surface area contributed by atoms with Crippen LogP contribution in [0.3, 0.4) is 0 Å². The number of nitrogens with zero attached hydrogens (tertiary/aromatic N) is 1. The quantitative estimate of drug-likeness (QED) is 0.382. The first-order valence-electron chi connectivity index (χ1n) is 10.1. The number of hydrogen-bond donors (Lipinski definition) is 1. The molecule has 0 aromatic heterocycles. The van der Waals surface area contributed by atoms with Crippen molar-refractivity contribution >= 4 is 0 Å². The lowest BCUT2D eigenvalue weighted by Gasteiger charge is -2.27. The van der Waals surface area contributed by atoms with Crippen molar-refractivity contribution in [2.24, 2.45) is 16.6 Å². The Bertz CT molecular complexity index is 271. The van der Waals surface area contributed by atoms with Crippen molar-refractivity contribution in [2.45, 2.75) is 98.8 Å². The third kappa shape index (κ3) is 14.0. The molecule has 0 radical (unpaired) electrons. The maximum absolute atomic E-state index is 5.69. The molecular formula is C21H46N2. The lowest BCUT2D eigenvalue weighted by atomic mass is 9.82. The Balaban J connectivity index is 3.74. The van der Waals surface area contributed by atoms with E-state index in [9.17, 15) is 0 Å². The van der Waals surface area contributed by atoms with E-state index in [1.165, 1.54) is 70.9 Å². The molecule has 0 aromatic rings. The zero-order valence-electron chi connectivity index (χ0n) is 17.2. The Morgan fingerprint density at radius 2 is 1.17 bits per heavy atom. The molecule has 0 amide bonds. The van der Waals surface area contributed by atoms with Gasteiger partial charge in [0.15, 0.2) is 0 Å². The van der Waals surface area contributed by atoms with Gasteiger partial charge in [-0.2, -0.15) is 0 Å². The lowest BCUT2D eigenvalue weighted by molar-refractivity contribution is 0.236. The molecule has 2 heteroatoms. The van der Waals surface area contributed by atoms with Gasteiger partial charge in [-0.25, -0.2) is 0 Å². The first kappa shape index (κ1) is 22.9. The molecule has 0 saturated heterocycles. The summed E-state index contributed by atoms with van der Waals surface area (Å²) in [5, 5.41) is 0. The third-order valence-corrected chi connectivity index (χ3v) is 5.31. The summed E-state index contributed by atoms with van der Waals surface area (Å²) in [6, 6.07) is 0. The average molecular weight is 327 g/mol. The number of hydrogen-bond acceptors (Lipinski definition) is 2. The van der Waals surface area contributed by atoms with Gasteiger partial charge in [0.05, 0.1) is 0 Å². The predicted octanol–water partition coefficient (Wildman–Crippen LogP) is 5.85. The number of rotatable bonds is 15. The molecule has 2 N–H and O–H groups in total. The van der Waals surface area contributed by atoms with Gasteiger partial charge in [0, 0.05) is 0 Å². The minimum atomic E-state index is 0.413. The van der Waals surface area contributed by atoms with E-state index in [2.05, 4.69) is 46.6 Å². The van der Waals surface area contributed by atoms with E-state index in [1.54, 1.807) is 0 Å². The van der Waals surface area contributed by atoms with E-state index in [1.807, 2.05) is 0 Å². The maximum Gasteiger partial charge on any atom is -0.00216 e. The molecule has 140 valence electrons. The van der Waals surface area contributed by atoms with Gasteiger partial charge in [-0.05, 0) is 76.0 Å². The Hall–Kier alpha value is -0.0800. The predicted molar refractivity (Wildman–Crippen MR) is 106 cm³/mol. The van der Waals surface area contributed by atoms with Crippen LogP contribution in [0.2, 0.25) is 0 Å². The van der Waals surface area contributed by atoms with E-state index >= 15 is 0 Å². The second-order valence-corrected chi connectivity index (χ2v) is 9.19. The fourth-order valence-electron chi connectivity index (χ4n) is 3.44. The molecule has 0 heterocycles. The minimum absolute atomic E-state index is 0.413. The summed E-state index contributed by atoms with van der Waals surface area (Å²) in [7, 11) is 2.28. The molecule has 0 aliphatic rings. The van der Waals surface area contributed by atoms with Gasteiger partial charge in [0.2, 0.25) is 0 Å². The normalized spacial score (nSPS) is 13.0. The van der Waals surface area contributed by atoms with Crippen molar-refractivity contribution in [3.63, 3.8) is 0 Å². The topological polar surface area (TPSA) is 29.3 Å². The molecule has 0 aliphatic carbocycles. The van der Waals surface area contributed by atoms with Crippen LogP contribution < -0.4 is 5.73 Å². The molecular weight excluding hydrogens is 280 g/mol. The molecule has 0 rings (SSSR count). The molecule has 0 fully saturated rings. The van der Waals surface area contributed by atoms with Crippen LogP contribution in [0.25, 0.3) is 0 Å². The Kier molecular flexibility index (Phi) is 12.3. The van der Waals surface area contributed by atoms with Crippen LogP contribution >= 0.6 is 0 Å². The van der Waals surface area contributed by atoms with Crippen LogP contribution in [-0.2, 0) is 0 Å². The van der Waals surface area contributed by atoms with Gasteiger partial charge >= 0.3 is 0 Å². The standard InChI is InChI=1S/C21H46N2/c1-7-8-9-10-13-20(2,3)14-11-18-23(6)19-12-15-21(4,5)16-17-22/h7-19,22H2,1-6H3. The van der Waals surface area contributed by atoms with Gasteiger partial charge in [-0.3, -0.25) is 0 Å². The van der Waals surface area contributed by atoms with E-state index < -0.39 is 0 Å². The number of nitrogens with two attached hydrogens (primary N) is 1. The zero-order valence-corrected chi connectivity index (χ0v) is 17.2. The highest BCUT2D eigenvalue weighted by Crippen LogP contribution is 2.29. The molecule has 0 aliphatic heterocycles. The Morgan fingerprint density at radius 3 is 1.65 bits per heavy atom. The summed E-state index contributed by atoms with van der Waals surface area (Å²) in [6.07, 6.45) is 13.4. The largest absolute Gasteiger partial charge is 0.330 e. The molecule has 0 spiro atoms. The first-order valence-corrected chi connectivity index (χ1v) is 10.1. The monoisotopic (exact) mass is 326 g/mol. The van der Waals surface area contributed by atoms with Gasteiger partial charge in [-0.1, -0.05) is 60.3 Å². The summed E-state index contributed by atoms with van der Waals surface area (Å²) in [5.41, 5.74) is 6.63. The van der Waals surface area contributed by atoms with Crippen molar-refractivity contribution in [1.82, 2.24) is 4.90 Å². The highest BCUT2D eigenvalue weighted by molar-refractivity contribution is 4.71. The van der Waals surface area contributed by atoms with E-state index in [4.69, 9.17) is 5.73 Å². The number of unbranched alkanes of at least 4 members (excludes halogenated alkanes) is 3. The molecule has 0 atom stereocenters. The second kappa shape index (κ2) is 12.3. The maximum atomic E-state index is 5.69. The summed E-state index contributed by atoms with van der Waals surface area (Å²) in [6.45, 7) is 15.2. The van der Waals surface area contributed by atoms with Crippen molar-refractivity contribution in [1.29, 1.82) is 0 Å². The summed E-state index contributed by atoms with van der Waals surface area (Å²) in [4.78, 5) is 2.52. The fourth-order valence-corrected chi connectivity index (χ4v) is 3.44. The SMILES string of the molecule is CCCCCCC(C)(C)CCCN(C)CCCC(C)(C)CCN. The molecule has 2 nitrogen and oxygen atoms in total. The van der Waals surface area contributed by atoms with Crippen molar-refractivity contribution < 1.29 is 0 Å². The van der Waals surface area contributed by atoms with Crippen LogP contribution in [0.5, 0.6) is 0 Å². The highest BCUT2D eigenvalue weighted by atomic mass is 15.1. The van der Waals surface area contributed by atoms with E-state index in [0.717, 1.165) is 13.0 Å². The second-order valence-electron chi connectivity index (χ2n) is 9.19. The summed E-state index contributed by atoms with van der Waals surface area (Å²) >= 11 is 0. The molecule has 0 saturated carbocycles.